The van der Waals surface area contributed by atoms with Crippen LogP contribution in [0.2, 0.25) is 5.02 Å². The first-order valence-corrected chi connectivity index (χ1v) is 7.31. The first-order chi connectivity index (χ1) is 9.22. The topological polar surface area (TPSA) is 24.5 Å². The predicted octanol–water partition coefficient (Wildman–Crippen LogP) is 2.92. The summed E-state index contributed by atoms with van der Waals surface area (Å²) in [5.74, 6) is 0.830. The summed E-state index contributed by atoms with van der Waals surface area (Å²) in [5.41, 5.74) is 2.33. The average Bonchev–Trinajstić information content (AvgIpc) is 3.21. The Morgan fingerprint density at radius 3 is 2.89 bits per heavy atom. The second-order valence-electron chi connectivity index (χ2n) is 5.21. The molecule has 0 spiro atoms. The molecule has 0 aromatic heterocycles. The molecule has 3 nitrogen and oxygen atoms in total. The zero-order chi connectivity index (χ0) is 13.7. The number of halogens is 1. The van der Waals surface area contributed by atoms with Crippen LogP contribution in [0.1, 0.15) is 18.4 Å². The molecule has 19 heavy (non-hydrogen) atoms. The van der Waals surface area contributed by atoms with Gasteiger partial charge in [0.25, 0.3) is 0 Å². The molecule has 0 unspecified atom stereocenters. The van der Waals surface area contributed by atoms with Crippen LogP contribution in [-0.2, 0) is 11.3 Å². The highest BCUT2D eigenvalue weighted by atomic mass is 35.5. The van der Waals surface area contributed by atoms with E-state index in [4.69, 9.17) is 16.3 Å². The molecule has 1 aliphatic rings. The number of nitrogens with zero attached hydrogens (tertiary/aromatic N) is 1. The van der Waals surface area contributed by atoms with Crippen LogP contribution in [0, 0.1) is 5.92 Å². The fourth-order valence-electron chi connectivity index (χ4n) is 2.11. The molecule has 2 rings (SSSR count). The van der Waals surface area contributed by atoms with E-state index in [1.165, 1.54) is 18.5 Å². The molecule has 0 heterocycles. The van der Waals surface area contributed by atoms with Gasteiger partial charge in [-0.15, -0.1) is 0 Å². The molecule has 1 aromatic carbocycles. The van der Waals surface area contributed by atoms with Crippen LogP contribution >= 0.6 is 11.6 Å². The molecule has 1 saturated carbocycles. The van der Waals surface area contributed by atoms with Crippen molar-refractivity contribution >= 4 is 17.3 Å². The molecule has 1 N–H and O–H groups in total. The minimum Gasteiger partial charge on any atom is -0.379 e. The van der Waals surface area contributed by atoms with Crippen LogP contribution in [0.5, 0.6) is 0 Å². The molecule has 0 radical (unpaired) electrons. The van der Waals surface area contributed by atoms with Gasteiger partial charge in [-0.3, -0.25) is 0 Å². The van der Waals surface area contributed by atoms with Crippen LogP contribution in [0.25, 0.3) is 0 Å². The third-order valence-corrected chi connectivity index (χ3v) is 3.83. The second-order valence-corrected chi connectivity index (χ2v) is 5.61. The van der Waals surface area contributed by atoms with E-state index < -0.39 is 0 Å². The molecule has 0 aliphatic heterocycles. The number of anilines is 1. The highest BCUT2D eigenvalue weighted by Gasteiger charge is 2.21. The normalized spacial score (nSPS) is 14.7. The van der Waals surface area contributed by atoms with Gasteiger partial charge in [-0.2, -0.15) is 0 Å². The maximum absolute atomic E-state index is 6.27. The smallest absolute Gasteiger partial charge is 0.0641 e. The van der Waals surface area contributed by atoms with Gasteiger partial charge < -0.3 is 15.0 Å². The monoisotopic (exact) mass is 282 g/mol. The van der Waals surface area contributed by atoms with E-state index in [2.05, 4.69) is 23.3 Å². The zero-order valence-corrected chi connectivity index (χ0v) is 12.5. The van der Waals surface area contributed by atoms with E-state index in [0.717, 1.165) is 42.8 Å². The van der Waals surface area contributed by atoms with Crippen molar-refractivity contribution < 1.29 is 4.74 Å². The lowest BCUT2D eigenvalue weighted by Crippen LogP contribution is -2.25. The number of hydrogen-bond acceptors (Lipinski definition) is 3. The van der Waals surface area contributed by atoms with E-state index in [1.54, 1.807) is 0 Å². The SMILES string of the molecule is CNCc1c(Cl)cccc1N(C)CCOCC1CC1. The van der Waals surface area contributed by atoms with Gasteiger partial charge >= 0.3 is 0 Å². The molecule has 0 amide bonds. The average molecular weight is 283 g/mol. The minimum absolute atomic E-state index is 0.776. The van der Waals surface area contributed by atoms with Crippen molar-refractivity contribution in [1.82, 2.24) is 5.32 Å². The van der Waals surface area contributed by atoms with E-state index in [0.29, 0.717) is 0 Å². The number of hydrogen-bond donors (Lipinski definition) is 1. The quantitative estimate of drug-likeness (QED) is 0.742. The summed E-state index contributed by atoms with van der Waals surface area (Å²) in [6.45, 7) is 3.37. The first kappa shape index (κ1) is 14.6. The Morgan fingerprint density at radius 1 is 1.42 bits per heavy atom. The molecular formula is C15H23ClN2O. The van der Waals surface area contributed by atoms with Crippen molar-refractivity contribution in [2.75, 3.05) is 38.8 Å². The fourth-order valence-corrected chi connectivity index (χ4v) is 2.35. The summed E-state index contributed by atoms with van der Waals surface area (Å²) in [4.78, 5) is 2.21. The van der Waals surface area contributed by atoms with Crippen molar-refractivity contribution in [1.29, 1.82) is 0 Å². The highest BCUT2D eigenvalue weighted by Crippen LogP contribution is 2.29. The Labute approximate surface area is 120 Å². The van der Waals surface area contributed by atoms with Gasteiger partial charge in [-0.25, -0.2) is 0 Å². The van der Waals surface area contributed by atoms with Crippen molar-refractivity contribution in [2.24, 2.45) is 5.92 Å². The van der Waals surface area contributed by atoms with Crippen LogP contribution < -0.4 is 10.2 Å². The Kier molecular flexibility index (Phi) is 5.49. The molecule has 1 fully saturated rings. The lowest BCUT2D eigenvalue weighted by Gasteiger charge is -2.23. The van der Waals surface area contributed by atoms with Gasteiger partial charge in [0.05, 0.1) is 6.61 Å². The fraction of sp³-hybridized carbons (Fsp3) is 0.600. The third kappa shape index (κ3) is 4.37. The standard InChI is InChI=1S/C15H23ClN2O/c1-17-10-13-14(16)4-3-5-15(13)18(2)8-9-19-11-12-6-7-12/h3-5,12,17H,6-11H2,1-2H3. The molecule has 0 atom stereocenters. The summed E-state index contributed by atoms with van der Waals surface area (Å²) in [7, 11) is 4.02. The maximum Gasteiger partial charge on any atom is 0.0641 e. The molecule has 1 aliphatic carbocycles. The number of likely N-dealkylation sites (N-methyl/N-ethyl adjacent to an activating group) is 1. The Hall–Kier alpha value is -0.770. The predicted molar refractivity (Wildman–Crippen MR) is 81.0 cm³/mol. The first-order valence-electron chi connectivity index (χ1n) is 6.93. The van der Waals surface area contributed by atoms with Gasteiger partial charge in [-0.1, -0.05) is 17.7 Å². The molecule has 106 valence electrons. The zero-order valence-electron chi connectivity index (χ0n) is 11.8. The van der Waals surface area contributed by atoms with Crippen molar-refractivity contribution in [3.8, 4) is 0 Å². The molecule has 0 saturated heterocycles. The number of nitrogens with one attached hydrogen (secondary N) is 1. The summed E-state index contributed by atoms with van der Waals surface area (Å²) in [6.07, 6.45) is 2.69. The lowest BCUT2D eigenvalue weighted by atomic mass is 10.1. The van der Waals surface area contributed by atoms with E-state index in [1.807, 2.05) is 19.2 Å². The highest BCUT2D eigenvalue weighted by molar-refractivity contribution is 6.31. The Bertz CT molecular complexity index is 407. The molecule has 4 heteroatoms. The summed E-state index contributed by atoms with van der Waals surface area (Å²) in [6, 6.07) is 6.05. The van der Waals surface area contributed by atoms with Crippen LogP contribution in [0.4, 0.5) is 5.69 Å². The number of benzene rings is 1. The Morgan fingerprint density at radius 2 is 2.21 bits per heavy atom. The van der Waals surface area contributed by atoms with Gasteiger partial charge in [0, 0.05) is 43.0 Å². The minimum atomic E-state index is 0.776. The molecular weight excluding hydrogens is 260 g/mol. The van der Waals surface area contributed by atoms with Gasteiger partial charge in [0.15, 0.2) is 0 Å². The van der Waals surface area contributed by atoms with Crippen LogP contribution in [0.15, 0.2) is 18.2 Å². The summed E-state index contributed by atoms with van der Waals surface area (Å²) >= 11 is 6.27. The second kappa shape index (κ2) is 7.13. The van der Waals surface area contributed by atoms with Gasteiger partial charge in [0.1, 0.15) is 0 Å². The van der Waals surface area contributed by atoms with E-state index >= 15 is 0 Å². The Balaban J connectivity index is 1.88. The lowest BCUT2D eigenvalue weighted by molar-refractivity contribution is 0.131. The van der Waals surface area contributed by atoms with Crippen molar-refractivity contribution in [3.63, 3.8) is 0 Å². The summed E-state index contributed by atoms with van der Waals surface area (Å²) in [5, 5.41) is 3.99. The number of ether oxygens (including phenoxy) is 1. The van der Waals surface area contributed by atoms with Crippen molar-refractivity contribution in [3.05, 3.63) is 28.8 Å². The van der Waals surface area contributed by atoms with Gasteiger partial charge in [-0.05, 0) is 37.9 Å². The van der Waals surface area contributed by atoms with Crippen molar-refractivity contribution in [2.45, 2.75) is 19.4 Å². The number of rotatable bonds is 8. The van der Waals surface area contributed by atoms with Crippen LogP contribution in [-0.4, -0.2) is 33.9 Å². The van der Waals surface area contributed by atoms with E-state index in [9.17, 15) is 0 Å². The van der Waals surface area contributed by atoms with Crippen LogP contribution in [0.3, 0.4) is 0 Å². The van der Waals surface area contributed by atoms with Gasteiger partial charge in [0.2, 0.25) is 0 Å². The largest absolute Gasteiger partial charge is 0.379 e. The molecule has 1 aromatic rings. The molecule has 0 bridgehead atoms. The maximum atomic E-state index is 6.27. The summed E-state index contributed by atoms with van der Waals surface area (Å²) < 4.78 is 5.69. The third-order valence-electron chi connectivity index (χ3n) is 3.48. The van der Waals surface area contributed by atoms with E-state index in [-0.39, 0.29) is 0 Å².